The van der Waals surface area contributed by atoms with Crippen molar-refractivity contribution in [3.05, 3.63) is 46.0 Å². The number of halogens is 1. The van der Waals surface area contributed by atoms with Gasteiger partial charge in [0.05, 0.1) is 12.2 Å². The highest BCUT2D eigenvalue weighted by Crippen LogP contribution is 2.50. The molecule has 1 unspecified atom stereocenters. The van der Waals surface area contributed by atoms with Gasteiger partial charge < -0.3 is 4.74 Å². The molecule has 0 amide bonds. The Labute approximate surface area is 122 Å². The second-order valence-electron chi connectivity index (χ2n) is 6.04. The summed E-state index contributed by atoms with van der Waals surface area (Å²) < 4.78 is 5.98. The van der Waals surface area contributed by atoms with Crippen LogP contribution >= 0.6 is 11.6 Å². The number of nitrogens with zero attached hydrogens (tertiary/aromatic N) is 1. The van der Waals surface area contributed by atoms with E-state index in [0.717, 1.165) is 11.1 Å². The van der Waals surface area contributed by atoms with Crippen molar-refractivity contribution in [1.29, 1.82) is 5.26 Å². The van der Waals surface area contributed by atoms with Gasteiger partial charge in [-0.05, 0) is 35.8 Å². The fourth-order valence-electron chi connectivity index (χ4n) is 3.18. The molecule has 0 radical (unpaired) electrons. The standard InChI is InChI=1S/C16H14ClNO2/c1-15(2)9-16(6-11(7-18)14(15)19)13-4-3-12(17)5-10(13)8-20-16/h3-6H,8-9H2,1-2H3. The van der Waals surface area contributed by atoms with E-state index in [4.69, 9.17) is 16.3 Å². The quantitative estimate of drug-likeness (QED) is 0.733. The summed E-state index contributed by atoms with van der Waals surface area (Å²) in [4.78, 5) is 12.2. The Morgan fingerprint density at radius 2 is 2.15 bits per heavy atom. The van der Waals surface area contributed by atoms with Crippen molar-refractivity contribution in [1.82, 2.24) is 0 Å². The van der Waals surface area contributed by atoms with E-state index in [1.54, 1.807) is 6.08 Å². The highest BCUT2D eigenvalue weighted by Gasteiger charge is 2.49. The molecule has 1 aromatic carbocycles. The Balaban J connectivity index is 2.19. The molecular weight excluding hydrogens is 274 g/mol. The minimum Gasteiger partial charge on any atom is -0.361 e. The number of nitriles is 1. The molecule has 0 fully saturated rings. The molecule has 1 heterocycles. The van der Waals surface area contributed by atoms with Gasteiger partial charge in [0, 0.05) is 10.4 Å². The Kier molecular flexibility index (Phi) is 2.79. The van der Waals surface area contributed by atoms with Gasteiger partial charge in [-0.25, -0.2) is 0 Å². The second-order valence-corrected chi connectivity index (χ2v) is 6.48. The van der Waals surface area contributed by atoms with Gasteiger partial charge in [0.1, 0.15) is 11.7 Å². The Morgan fingerprint density at radius 3 is 2.85 bits per heavy atom. The highest BCUT2D eigenvalue weighted by molar-refractivity contribution is 6.30. The van der Waals surface area contributed by atoms with E-state index in [2.05, 4.69) is 0 Å². The number of hydrogen-bond acceptors (Lipinski definition) is 3. The Bertz CT molecular complexity index is 684. The fourth-order valence-corrected chi connectivity index (χ4v) is 3.37. The molecule has 0 bridgehead atoms. The fraction of sp³-hybridized carbons (Fsp3) is 0.375. The van der Waals surface area contributed by atoms with Crippen molar-refractivity contribution in [3.8, 4) is 6.07 Å². The number of ether oxygens (including phenoxy) is 1. The summed E-state index contributed by atoms with van der Waals surface area (Å²) in [6.45, 7) is 4.17. The molecule has 0 N–H and O–H groups in total. The van der Waals surface area contributed by atoms with E-state index in [1.165, 1.54) is 0 Å². The van der Waals surface area contributed by atoms with Crippen molar-refractivity contribution < 1.29 is 9.53 Å². The van der Waals surface area contributed by atoms with E-state index in [9.17, 15) is 10.1 Å². The van der Waals surface area contributed by atoms with Crippen molar-refractivity contribution in [2.75, 3.05) is 0 Å². The third-order valence-electron chi connectivity index (χ3n) is 4.07. The minimum atomic E-state index is -0.678. The maximum absolute atomic E-state index is 12.2. The first-order valence-corrected chi connectivity index (χ1v) is 6.86. The number of benzene rings is 1. The zero-order valence-electron chi connectivity index (χ0n) is 11.4. The molecule has 3 rings (SSSR count). The monoisotopic (exact) mass is 287 g/mol. The molecule has 1 spiro atoms. The number of hydrogen-bond donors (Lipinski definition) is 0. The molecule has 1 atom stereocenters. The molecule has 0 saturated carbocycles. The molecule has 0 aromatic heterocycles. The van der Waals surface area contributed by atoms with E-state index in [-0.39, 0.29) is 11.4 Å². The molecule has 1 aliphatic carbocycles. The van der Waals surface area contributed by atoms with Crippen molar-refractivity contribution in [2.45, 2.75) is 32.5 Å². The van der Waals surface area contributed by atoms with Crippen LogP contribution in [-0.2, 0) is 21.7 Å². The van der Waals surface area contributed by atoms with Crippen LogP contribution in [0.1, 0.15) is 31.4 Å². The number of rotatable bonds is 0. The first-order chi connectivity index (χ1) is 9.38. The summed E-state index contributed by atoms with van der Waals surface area (Å²) in [5.74, 6) is -0.114. The van der Waals surface area contributed by atoms with E-state index in [0.29, 0.717) is 18.1 Å². The topological polar surface area (TPSA) is 50.1 Å². The maximum Gasteiger partial charge on any atom is 0.178 e. The van der Waals surface area contributed by atoms with Crippen LogP contribution in [0, 0.1) is 16.7 Å². The average Bonchev–Trinajstić information content (AvgIpc) is 2.71. The third-order valence-corrected chi connectivity index (χ3v) is 4.31. The van der Waals surface area contributed by atoms with Gasteiger partial charge in [0.25, 0.3) is 0 Å². The van der Waals surface area contributed by atoms with Crippen LogP contribution in [0.5, 0.6) is 0 Å². The van der Waals surface area contributed by atoms with E-state index in [1.807, 2.05) is 38.1 Å². The average molecular weight is 288 g/mol. The summed E-state index contributed by atoms with van der Waals surface area (Å²) >= 11 is 6.01. The number of fused-ring (bicyclic) bond motifs is 2. The van der Waals surface area contributed by atoms with E-state index < -0.39 is 11.0 Å². The summed E-state index contributed by atoms with van der Waals surface area (Å²) in [7, 11) is 0. The predicted octanol–water partition coefficient (Wildman–Crippen LogP) is 3.51. The van der Waals surface area contributed by atoms with Crippen LogP contribution in [0.15, 0.2) is 29.8 Å². The lowest BCUT2D eigenvalue weighted by Crippen LogP contribution is -2.40. The number of carbonyl (C=O) groups is 1. The van der Waals surface area contributed by atoms with Gasteiger partial charge in [-0.1, -0.05) is 31.5 Å². The van der Waals surface area contributed by atoms with Crippen LogP contribution in [0.4, 0.5) is 0 Å². The number of Topliss-reactive ketones (excluding diaryl/α,β-unsaturated/α-hetero) is 1. The van der Waals surface area contributed by atoms with E-state index >= 15 is 0 Å². The van der Waals surface area contributed by atoms with Crippen molar-refractivity contribution in [3.63, 3.8) is 0 Å². The van der Waals surface area contributed by atoms with Crippen LogP contribution in [0.25, 0.3) is 0 Å². The lowest BCUT2D eigenvalue weighted by Gasteiger charge is -2.38. The number of allylic oxidation sites excluding steroid dienone is 1. The van der Waals surface area contributed by atoms with Crippen LogP contribution in [0.2, 0.25) is 5.02 Å². The first-order valence-electron chi connectivity index (χ1n) is 6.49. The Hall–Kier alpha value is -1.63. The summed E-state index contributed by atoms with van der Waals surface area (Å²) in [6.07, 6.45) is 2.22. The largest absolute Gasteiger partial charge is 0.361 e. The normalized spacial score (nSPS) is 27.1. The SMILES string of the molecule is CC1(C)CC2(C=C(C#N)C1=O)OCc1cc(Cl)ccc12. The van der Waals surface area contributed by atoms with Gasteiger partial charge in [-0.3, -0.25) is 4.79 Å². The lowest BCUT2D eigenvalue weighted by molar-refractivity contribution is -0.129. The molecule has 1 aromatic rings. The first kappa shape index (κ1) is 13.4. The maximum atomic E-state index is 12.2. The highest BCUT2D eigenvalue weighted by atomic mass is 35.5. The third kappa shape index (κ3) is 1.80. The van der Waals surface area contributed by atoms with Gasteiger partial charge in [0.2, 0.25) is 0 Å². The van der Waals surface area contributed by atoms with Crippen LogP contribution in [-0.4, -0.2) is 5.78 Å². The number of carbonyl (C=O) groups excluding carboxylic acids is 1. The summed E-state index contributed by atoms with van der Waals surface area (Å²) in [5, 5.41) is 9.88. The summed E-state index contributed by atoms with van der Waals surface area (Å²) in [6, 6.07) is 7.64. The molecule has 0 saturated heterocycles. The molecule has 20 heavy (non-hydrogen) atoms. The zero-order chi connectivity index (χ0) is 14.5. The zero-order valence-corrected chi connectivity index (χ0v) is 12.1. The van der Waals surface area contributed by atoms with Gasteiger partial charge >= 0.3 is 0 Å². The second kappa shape index (κ2) is 4.18. The van der Waals surface area contributed by atoms with Crippen LogP contribution in [0.3, 0.4) is 0 Å². The predicted molar refractivity (Wildman–Crippen MR) is 75.0 cm³/mol. The lowest BCUT2D eigenvalue weighted by atomic mass is 9.68. The molecule has 4 heteroatoms. The van der Waals surface area contributed by atoms with Crippen LogP contribution < -0.4 is 0 Å². The van der Waals surface area contributed by atoms with Gasteiger partial charge in [0.15, 0.2) is 5.78 Å². The summed E-state index contributed by atoms with van der Waals surface area (Å²) in [5.41, 5.74) is 0.930. The molecular formula is C16H14ClNO2. The van der Waals surface area contributed by atoms with Gasteiger partial charge in [-0.15, -0.1) is 0 Å². The minimum absolute atomic E-state index is 0.114. The Morgan fingerprint density at radius 1 is 1.40 bits per heavy atom. The smallest absolute Gasteiger partial charge is 0.178 e. The molecule has 102 valence electrons. The van der Waals surface area contributed by atoms with Crippen molar-refractivity contribution in [2.24, 2.45) is 5.41 Å². The molecule has 1 aliphatic heterocycles. The van der Waals surface area contributed by atoms with Gasteiger partial charge in [-0.2, -0.15) is 5.26 Å². The molecule has 2 aliphatic rings. The van der Waals surface area contributed by atoms with Crippen molar-refractivity contribution >= 4 is 17.4 Å². The molecule has 3 nitrogen and oxygen atoms in total. The number of ketones is 1.